The summed E-state index contributed by atoms with van der Waals surface area (Å²) < 4.78 is 5.57. The summed E-state index contributed by atoms with van der Waals surface area (Å²) in [4.78, 5) is 0. The first-order chi connectivity index (χ1) is 8.40. The molecule has 0 radical (unpaired) electrons. The second-order valence-corrected chi connectivity index (χ2v) is 3.84. The Balaban J connectivity index is 2.03. The van der Waals surface area contributed by atoms with Crippen LogP contribution in [0.1, 0.15) is 0 Å². The molecule has 0 bridgehead atoms. The molecular formula is C15H17NO. The van der Waals surface area contributed by atoms with Gasteiger partial charge in [0.25, 0.3) is 0 Å². The molecule has 2 heteroatoms. The van der Waals surface area contributed by atoms with Crippen molar-refractivity contribution < 1.29 is 4.74 Å². The minimum Gasteiger partial charge on any atom is -0.492 e. The Morgan fingerprint density at radius 1 is 0.882 bits per heavy atom. The lowest BCUT2D eigenvalue weighted by atomic mass is 10.1. The fourth-order valence-corrected chi connectivity index (χ4v) is 1.65. The van der Waals surface area contributed by atoms with Gasteiger partial charge in [0.15, 0.2) is 0 Å². The molecule has 1 N–H and O–H groups in total. The fourth-order valence-electron chi connectivity index (χ4n) is 1.65. The summed E-state index contributed by atoms with van der Waals surface area (Å²) in [6.45, 7) is 1.56. The van der Waals surface area contributed by atoms with E-state index in [0.717, 1.165) is 12.3 Å². The van der Waals surface area contributed by atoms with E-state index in [0.29, 0.717) is 6.61 Å². The van der Waals surface area contributed by atoms with Gasteiger partial charge in [0.05, 0.1) is 0 Å². The van der Waals surface area contributed by atoms with E-state index in [1.807, 2.05) is 37.4 Å². The van der Waals surface area contributed by atoms with Crippen LogP contribution in [0, 0.1) is 0 Å². The lowest BCUT2D eigenvalue weighted by molar-refractivity contribution is 0.318. The number of hydrogen-bond donors (Lipinski definition) is 1. The second-order valence-electron chi connectivity index (χ2n) is 3.84. The summed E-state index contributed by atoms with van der Waals surface area (Å²) in [6.07, 6.45) is 0. The third-order valence-electron chi connectivity index (χ3n) is 2.58. The molecular weight excluding hydrogens is 210 g/mol. The smallest absolute Gasteiger partial charge is 0.119 e. The molecule has 0 saturated carbocycles. The SMILES string of the molecule is CNCCOc1ccc(-c2ccccc2)cc1. The number of benzene rings is 2. The van der Waals surface area contributed by atoms with Crippen LogP contribution in [-0.2, 0) is 0 Å². The van der Waals surface area contributed by atoms with Crippen molar-refractivity contribution in [1.29, 1.82) is 0 Å². The Morgan fingerprint density at radius 2 is 1.53 bits per heavy atom. The molecule has 0 unspecified atom stereocenters. The first-order valence-electron chi connectivity index (χ1n) is 5.83. The molecule has 0 amide bonds. The van der Waals surface area contributed by atoms with Gasteiger partial charge in [0.1, 0.15) is 12.4 Å². The molecule has 88 valence electrons. The van der Waals surface area contributed by atoms with Crippen molar-refractivity contribution in [2.24, 2.45) is 0 Å². The summed E-state index contributed by atoms with van der Waals surface area (Å²) in [5.74, 6) is 0.917. The minimum absolute atomic E-state index is 0.696. The molecule has 0 aliphatic rings. The number of likely N-dealkylation sites (N-methyl/N-ethyl adjacent to an activating group) is 1. The molecule has 2 aromatic carbocycles. The normalized spacial score (nSPS) is 10.2. The Bertz CT molecular complexity index is 436. The topological polar surface area (TPSA) is 21.3 Å². The summed E-state index contributed by atoms with van der Waals surface area (Å²) in [7, 11) is 1.92. The van der Waals surface area contributed by atoms with Gasteiger partial charge in [0, 0.05) is 6.54 Å². The number of nitrogens with one attached hydrogen (secondary N) is 1. The van der Waals surface area contributed by atoms with Gasteiger partial charge in [-0.2, -0.15) is 0 Å². The first kappa shape index (κ1) is 11.7. The number of ether oxygens (including phenoxy) is 1. The van der Waals surface area contributed by atoms with Gasteiger partial charge in [0.2, 0.25) is 0 Å². The van der Waals surface area contributed by atoms with Crippen molar-refractivity contribution in [2.75, 3.05) is 20.2 Å². The summed E-state index contributed by atoms with van der Waals surface area (Å²) in [5.41, 5.74) is 2.45. The van der Waals surface area contributed by atoms with Crippen LogP contribution in [0.5, 0.6) is 5.75 Å². The van der Waals surface area contributed by atoms with Crippen LogP contribution in [0.4, 0.5) is 0 Å². The van der Waals surface area contributed by atoms with Crippen LogP contribution in [0.15, 0.2) is 54.6 Å². The third kappa shape index (κ3) is 3.33. The van der Waals surface area contributed by atoms with Gasteiger partial charge in [-0.15, -0.1) is 0 Å². The zero-order valence-electron chi connectivity index (χ0n) is 10.0. The molecule has 0 aliphatic carbocycles. The third-order valence-corrected chi connectivity index (χ3v) is 2.58. The van der Waals surface area contributed by atoms with E-state index >= 15 is 0 Å². The molecule has 0 heterocycles. The van der Waals surface area contributed by atoms with Gasteiger partial charge in [-0.1, -0.05) is 42.5 Å². The van der Waals surface area contributed by atoms with Crippen molar-refractivity contribution in [1.82, 2.24) is 5.32 Å². The summed E-state index contributed by atoms with van der Waals surface area (Å²) >= 11 is 0. The van der Waals surface area contributed by atoms with E-state index in [2.05, 4.69) is 29.6 Å². The summed E-state index contributed by atoms with van der Waals surface area (Å²) in [6, 6.07) is 18.5. The van der Waals surface area contributed by atoms with E-state index in [1.165, 1.54) is 11.1 Å². The van der Waals surface area contributed by atoms with E-state index in [1.54, 1.807) is 0 Å². The molecule has 0 atom stereocenters. The van der Waals surface area contributed by atoms with Crippen molar-refractivity contribution in [2.45, 2.75) is 0 Å². The lowest BCUT2D eigenvalue weighted by Crippen LogP contribution is -2.15. The van der Waals surface area contributed by atoms with E-state index in [4.69, 9.17) is 4.74 Å². The summed E-state index contributed by atoms with van der Waals surface area (Å²) in [5, 5.41) is 3.05. The van der Waals surface area contributed by atoms with Gasteiger partial charge in [-0.25, -0.2) is 0 Å². The maximum Gasteiger partial charge on any atom is 0.119 e. The van der Waals surface area contributed by atoms with Crippen LogP contribution >= 0.6 is 0 Å². The molecule has 2 nitrogen and oxygen atoms in total. The first-order valence-corrected chi connectivity index (χ1v) is 5.83. The van der Waals surface area contributed by atoms with E-state index in [9.17, 15) is 0 Å². The predicted molar refractivity (Wildman–Crippen MR) is 71.3 cm³/mol. The van der Waals surface area contributed by atoms with Gasteiger partial charge >= 0.3 is 0 Å². The quantitative estimate of drug-likeness (QED) is 0.793. The monoisotopic (exact) mass is 227 g/mol. The highest BCUT2D eigenvalue weighted by Crippen LogP contribution is 2.21. The van der Waals surface area contributed by atoms with Crippen LogP contribution in [0.3, 0.4) is 0 Å². The van der Waals surface area contributed by atoms with E-state index in [-0.39, 0.29) is 0 Å². The number of rotatable bonds is 5. The van der Waals surface area contributed by atoms with Crippen LogP contribution in [0.25, 0.3) is 11.1 Å². The Morgan fingerprint density at radius 3 is 2.18 bits per heavy atom. The van der Waals surface area contributed by atoms with Gasteiger partial charge in [-0.3, -0.25) is 0 Å². The van der Waals surface area contributed by atoms with Crippen LogP contribution < -0.4 is 10.1 Å². The molecule has 0 spiro atoms. The van der Waals surface area contributed by atoms with Crippen molar-refractivity contribution in [3.05, 3.63) is 54.6 Å². The van der Waals surface area contributed by atoms with Crippen LogP contribution in [0.2, 0.25) is 0 Å². The van der Waals surface area contributed by atoms with E-state index < -0.39 is 0 Å². The minimum atomic E-state index is 0.696. The highest BCUT2D eigenvalue weighted by Gasteiger charge is 1.97. The van der Waals surface area contributed by atoms with Crippen LogP contribution in [-0.4, -0.2) is 20.2 Å². The average Bonchev–Trinajstić information content (AvgIpc) is 2.41. The standard InChI is InChI=1S/C15H17NO/c1-16-11-12-17-15-9-7-14(8-10-15)13-5-3-2-4-6-13/h2-10,16H,11-12H2,1H3. The molecule has 2 aromatic rings. The Labute approximate surface area is 102 Å². The maximum absolute atomic E-state index is 5.57. The Kier molecular flexibility index (Phi) is 4.17. The largest absolute Gasteiger partial charge is 0.492 e. The second kappa shape index (κ2) is 6.06. The highest BCUT2D eigenvalue weighted by atomic mass is 16.5. The van der Waals surface area contributed by atoms with Crippen molar-refractivity contribution in [3.8, 4) is 16.9 Å². The molecule has 0 fully saturated rings. The molecule has 0 aromatic heterocycles. The van der Waals surface area contributed by atoms with Gasteiger partial charge < -0.3 is 10.1 Å². The maximum atomic E-state index is 5.57. The fraction of sp³-hybridized carbons (Fsp3) is 0.200. The predicted octanol–water partition coefficient (Wildman–Crippen LogP) is 2.95. The zero-order chi connectivity index (χ0) is 11.9. The number of hydrogen-bond acceptors (Lipinski definition) is 2. The van der Waals surface area contributed by atoms with Gasteiger partial charge in [-0.05, 0) is 30.3 Å². The molecule has 17 heavy (non-hydrogen) atoms. The molecule has 0 aliphatic heterocycles. The molecule has 2 rings (SSSR count). The zero-order valence-corrected chi connectivity index (χ0v) is 10.0. The Hall–Kier alpha value is -1.80. The van der Waals surface area contributed by atoms with Crippen molar-refractivity contribution in [3.63, 3.8) is 0 Å². The molecule has 0 saturated heterocycles. The average molecular weight is 227 g/mol. The highest BCUT2D eigenvalue weighted by molar-refractivity contribution is 5.63. The lowest BCUT2D eigenvalue weighted by Gasteiger charge is -2.07. The van der Waals surface area contributed by atoms with Crippen molar-refractivity contribution >= 4 is 0 Å².